The van der Waals surface area contributed by atoms with Crippen LogP contribution in [0.1, 0.15) is 11.1 Å². The number of nitrogens with zero attached hydrogens (tertiary/aromatic N) is 2. The first-order valence-electron chi connectivity index (χ1n) is 20.9. The molecule has 282 valence electrons. The van der Waals surface area contributed by atoms with Gasteiger partial charge in [-0.15, -0.1) is 0 Å². The smallest absolute Gasteiger partial charge is 0.0544 e. The summed E-state index contributed by atoms with van der Waals surface area (Å²) in [6.07, 6.45) is 0. The summed E-state index contributed by atoms with van der Waals surface area (Å²) in [5.41, 5.74) is 17.2. The average Bonchev–Trinajstić information content (AvgIpc) is 3.82. The van der Waals surface area contributed by atoms with Gasteiger partial charge in [-0.25, -0.2) is 0 Å². The van der Waals surface area contributed by atoms with Gasteiger partial charge < -0.3 is 9.13 Å². The van der Waals surface area contributed by atoms with E-state index >= 15 is 0 Å². The molecule has 0 bridgehead atoms. The Morgan fingerprint density at radius 3 is 1.12 bits per heavy atom. The molecule has 0 aliphatic heterocycles. The van der Waals surface area contributed by atoms with E-state index in [-0.39, 0.29) is 0 Å². The highest BCUT2D eigenvalue weighted by molar-refractivity contribution is 6.17. The first-order valence-corrected chi connectivity index (χ1v) is 20.9. The molecule has 0 N–H and O–H groups in total. The molecular weight excluding hydrogens is 725 g/mol. The Kier molecular flexibility index (Phi) is 7.70. The predicted octanol–water partition coefficient (Wildman–Crippen LogP) is 15.8. The second-order valence-corrected chi connectivity index (χ2v) is 16.1. The number of aromatic nitrogens is 2. The number of fused-ring (bicyclic) bond motifs is 8. The Morgan fingerprint density at radius 1 is 0.283 bits per heavy atom. The summed E-state index contributed by atoms with van der Waals surface area (Å²) in [5.74, 6) is 0. The second kappa shape index (κ2) is 13.4. The van der Waals surface area contributed by atoms with Crippen LogP contribution in [0.5, 0.6) is 0 Å². The molecule has 0 fully saturated rings. The van der Waals surface area contributed by atoms with E-state index < -0.39 is 0 Å². The SMILES string of the molecule is Cc1c(-c2ccc3c(c2C)c2cc(-c4cccc5ccccc45)ccc2n3-c2ccccc2)ccc2c1c1cc(-c3cccc4ccccc34)ccc1n2-c1ccccc1. The van der Waals surface area contributed by atoms with E-state index in [4.69, 9.17) is 0 Å². The molecule has 0 atom stereocenters. The van der Waals surface area contributed by atoms with Gasteiger partial charge in [0.05, 0.1) is 22.1 Å². The first kappa shape index (κ1) is 34.4. The van der Waals surface area contributed by atoms with Gasteiger partial charge >= 0.3 is 0 Å². The number of aryl methyl sites for hydroxylation is 2. The van der Waals surface area contributed by atoms with E-state index in [1.54, 1.807) is 0 Å². The van der Waals surface area contributed by atoms with E-state index in [1.165, 1.54) is 110 Å². The summed E-state index contributed by atoms with van der Waals surface area (Å²) >= 11 is 0. The van der Waals surface area contributed by atoms with Crippen LogP contribution in [-0.2, 0) is 0 Å². The maximum absolute atomic E-state index is 2.44. The fourth-order valence-electron chi connectivity index (χ4n) is 10.2. The summed E-state index contributed by atoms with van der Waals surface area (Å²) in [7, 11) is 0. The van der Waals surface area contributed by atoms with E-state index in [0.717, 1.165) is 11.4 Å². The van der Waals surface area contributed by atoms with Crippen molar-refractivity contribution in [1.82, 2.24) is 9.13 Å². The summed E-state index contributed by atoms with van der Waals surface area (Å²) < 4.78 is 4.87. The maximum Gasteiger partial charge on any atom is 0.0544 e. The van der Waals surface area contributed by atoms with Crippen molar-refractivity contribution in [2.75, 3.05) is 0 Å². The molecule has 0 aliphatic rings. The molecule has 10 aromatic carbocycles. The molecule has 0 radical (unpaired) electrons. The third kappa shape index (κ3) is 5.14. The molecular formula is C58H40N2. The standard InChI is InChI=1S/C58H40N2/c1-37-45(29-33-55-57(37)51-35-41(49-25-13-17-39-15-9-11-23-47(39)49)27-31-53(51)59(55)43-19-5-3-6-20-43)46-30-34-56-58(38(46)2)52-36-42(50-26-14-18-40-16-10-12-24-48(40)50)28-32-54(52)60(56)44-21-7-4-8-22-44/h3-36H,1-2H3. The molecule has 2 heteroatoms. The zero-order valence-electron chi connectivity index (χ0n) is 33.5. The molecule has 2 heterocycles. The molecule has 0 unspecified atom stereocenters. The highest BCUT2D eigenvalue weighted by Gasteiger charge is 2.22. The van der Waals surface area contributed by atoms with Crippen molar-refractivity contribution in [2.45, 2.75) is 13.8 Å². The van der Waals surface area contributed by atoms with E-state index in [0.29, 0.717) is 0 Å². The lowest BCUT2D eigenvalue weighted by molar-refractivity contribution is 1.18. The first-order chi connectivity index (χ1) is 29.6. The molecule has 0 saturated heterocycles. The Hall–Kier alpha value is -7.68. The van der Waals surface area contributed by atoms with Crippen molar-refractivity contribution >= 4 is 65.2 Å². The van der Waals surface area contributed by atoms with E-state index in [9.17, 15) is 0 Å². The minimum atomic E-state index is 1.16. The molecule has 0 amide bonds. The van der Waals surface area contributed by atoms with Crippen molar-refractivity contribution in [1.29, 1.82) is 0 Å². The van der Waals surface area contributed by atoms with Crippen molar-refractivity contribution in [2.24, 2.45) is 0 Å². The van der Waals surface area contributed by atoms with Crippen LogP contribution in [0.4, 0.5) is 0 Å². The van der Waals surface area contributed by atoms with Gasteiger partial charge in [-0.3, -0.25) is 0 Å². The molecule has 12 rings (SSSR count). The van der Waals surface area contributed by atoms with Crippen LogP contribution in [-0.4, -0.2) is 9.13 Å². The molecule has 12 aromatic rings. The predicted molar refractivity (Wildman–Crippen MR) is 256 cm³/mol. The third-order valence-electron chi connectivity index (χ3n) is 12.9. The minimum Gasteiger partial charge on any atom is -0.309 e. The van der Waals surface area contributed by atoms with Crippen molar-refractivity contribution in [3.05, 3.63) is 217 Å². The van der Waals surface area contributed by atoms with Gasteiger partial charge in [0.25, 0.3) is 0 Å². The van der Waals surface area contributed by atoms with Crippen LogP contribution in [0, 0.1) is 13.8 Å². The Morgan fingerprint density at radius 2 is 0.667 bits per heavy atom. The van der Waals surface area contributed by atoms with Crippen LogP contribution >= 0.6 is 0 Å². The van der Waals surface area contributed by atoms with Crippen molar-refractivity contribution < 1.29 is 0 Å². The highest BCUT2D eigenvalue weighted by Crippen LogP contribution is 2.45. The van der Waals surface area contributed by atoms with Gasteiger partial charge in [0.1, 0.15) is 0 Å². The van der Waals surface area contributed by atoms with Gasteiger partial charge in [0.15, 0.2) is 0 Å². The number of para-hydroxylation sites is 2. The summed E-state index contributed by atoms with van der Waals surface area (Å²) in [5, 5.41) is 10.1. The normalized spacial score (nSPS) is 11.8. The Balaban J connectivity index is 1.12. The quantitative estimate of drug-likeness (QED) is 0.165. The molecule has 0 saturated carbocycles. The molecule has 60 heavy (non-hydrogen) atoms. The molecule has 0 aliphatic carbocycles. The fourth-order valence-corrected chi connectivity index (χ4v) is 10.2. The third-order valence-corrected chi connectivity index (χ3v) is 12.9. The van der Waals surface area contributed by atoms with Gasteiger partial charge in [-0.2, -0.15) is 0 Å². The number of benzene rings is 10. The van der Waals surface area contributed by atoms with Crippen LogP contribution < -0.4 is 0 Å². The fraction of sp³-hybridized carbons (Fsp3) is 0.0345. The minimum absolute atomic E-state index is 1.16. The maximum atomic E-state index is 2.44. The lowest BCUT2D eigenvalue weighted by Gasteiger charge is -2.14. The van der Waals surface area contributed by atoms with Gasteiger partial charge in [-0.05, 0) is 141 Å². The van der Waals surface area contributed by atoms with Crippen molar-refractivity contribution in [3.8, 4) is 44.8 Å². The van der Waals surface area contributed by atoms with Crippen LogP contribution in [0.2, 0.25) is 0 Å². The summed E-state index contributed by atoms with van der Waals surface area (Å²) in [4.78, 5) is 0. The monoisotopic (exact) mass is 764 g/mol. The number of hydrogen-bond donors (Lipinski definition) is 0. The lowest BCUT2D eigenvalue weighted by Crippen LogP contribution is -1.95. The molecule has 0 spiro atoms. The van der Waals surface area contributed by atoms with Crippen LogP contribution in [0.3, 0.4) is 0 Å². The number of rotatable bonds is 5. The van der Waals surface area contributed by atoms with Gasteiger partial charge in [0.2, 0.25) is 0 Å². The van der Waals surface area contributed by atoms with E-state index in [1.807, 2.05) is 0 Å². The van der Waals surface area contributed by atoms with Gasteiger partial charge in [0, 0.05) is 32.9 Å². The molecule has 2 aromatic heterocycles. The zero-order chi connectivity index (χ0) is 39.9. The van der Waals surface area contributed by atoms with Gasteiger partial charge in [-0.1, -0.05) is 146 Å². The summed E-state index contributed by atoms with van der Waals surface area (Å²) in [6, 6.07) is 75.8. The van der Waals surface area contributed by atoms with Crippen molar-refractivity contribution in [3.63, 3.8) is 0 Å². The largest absolute Gasteiger partial charge is 0.309 e. The zero-order valence-corrected chi connectivity index (χ0v) is 33.5. The highest BCUT2D eigenvalue weighted by atomic mass is 15.0. The Bertz CT molecular complexity index is 3410. The van der Waals surface area contributed by atoms with Crippen LogP contribution in [0.15, 0.2) is 206 Å². The summed E-state index contributed by atoms with van der Waals surface area (Å²) in [6.45, 7) is 4.65. The Labute approximate surface area is 348 Å². The lowest BCUT2D eigenvalue weighted by atomic mass is 9.90. The topological polar surface area (TPSA) is 9.86 Å². The van der Waals surface area contributed by atoms with E-state index in [2.05, 4.69) is 229 Å². The number of hydrogen-bond acceptors (Lipinski definition) is 0. The van der Waals surface area contributed by atoms with Crippen LogP contribution in [0.25, 0.3) is 110 Å². The molecule has 2 nitrogen and oxygen atoms in total. The average molecular weight is 765 g/mol. The second-order valence-electron chi connectivity index (χ2n) is 16.1.